The van der Waals surface area contributed by atoms with Gasteiger partial charge in [-0.1, -0.05) is 98.8 Å². The highest BCUT2D eigenvalue weighted by Crippen LogP contribution is 2.22. The normalized spacial score (nSPS) is 14.1. The van der Waals surface area contributed by atoms with Crippen LogP contribution in [0.3, 0.4) is 0 Å². The smallest absolute Gasteiger partial charge is 0.188 e. The summed E-state index contributed by atoms with van der Waals surface area (Å²) >= 11 is 7.67. The van der Waals surface area contributed by atoms with Crippen molar-refractivity contribution in [2.24, 2.45) is 17.8 Å². The molecule has 0 aliphatic rings. The second kappa shape index (κ2) is 19.8. The standard InChI is InChI=1S/2C11H22OS/c1-4-6-7-10(5-2)8-9(3)11(12)13;1-3-4-5-6-7-8-9-10(2)11(12)13/h9-10H,4-8H2,1-3H3,(H,12,13);10H,3-9H2,1-2H3,(H,12,13). The molecule has 4 heteroatoms. The zero-order chi connectivity index (χ0) is 20.4. The van der Waals surface area contributed by atoms with E-state index < -0.39 is 0 Å². The topological polar surface area (TPSA) is 34.1 Å². The molecule has 26 heavy (non-hydrogen) atoms. The van der Waals surface area contributed by atoms with Gasteiger partial charge in [0, 0.05) is 11.8 Å². The lowest BCUT2D eigenvalue weighted by atomic mass is 9.90. The second-order valence-electron chi connectivity index (χ2n) is 7.69. The van der Waals surface area contributed by atoms with Gasteiger partial charge in [0.25, 0.3) is 0 Å². The summed E-state index contributed by atoms with van der Waals surface area (Å²) in [5.41, 5.74) is 0. The first-order chi connectivity index (χ1) is 12.3. The van der Waals surface area contributed by atoms with E-state index in [0.717, 1.165) is 12.8 Å². The third kappa shape index (κ3) is 18.8. The Kier molecular flexibility index (Phi) is 21.5. The number of carbonyl (C=O) groups excluding carboxylic acids is 2. The lowest BCUT2D eigenvalue weighted by molar-refractivity contribution is -0.114. The van der Waals surface area contributed by atoms with E-state index in [4.69, 9.17) is 0 Å². The van der Waals surface area contributed by atoms with Gasteiger partial charge in [-0.3, -0.25) is 9.59 Å². The van der Waals surface area contributed by atoms with Crippen LogP contribution in [-0.2, 0) is 9.59 Å². The molecule has 0 saturated carbocycles. The highest BCUT2D eigenvalue weighted by atomic mass is 32.1. The van der Waals surface area contributed by atoms with E-state index in [2.05, 4.69) is 46.0 Å². The molecule has 0 radical (unpaired) electrons. The maximum absolute atomic E-state index is 10.9. The van der Waals surface area contributed by atoms with Crippen molar-refractivity contribution >= 4 is 35.5 Å². The van der Waals surface area contributed by atoms with Crippen LogP contribution < -0.4 is 0 Å². The quantitative estimate of drug-likeness (QED) is 0.219. The molecular formula is C22H44O2S2. The Morgan fingerprint density at radius 1 is 0.692 bits per heavy atom. The molecule has 156 valence electrons. The second-order valence-corrected chi connectivity index (χ2v) is 8.57. The fourth-order valence-corrected chi connectivity index (χ4v) is 3.17. The van der Waals surface area contributed by atoms with Gasteiger partial charge in [0.15, 0.2) is 10.2 Å². The third-order valence-corrected chi connectivity index (χ3v) is 5.95. The van der Waals surface area contributed by atoms with Crippen LogP contribution in [0.5, 0.6) is 0 Å². The van der Waals surface area contributed by atoms with Crippen molar-refractivity contribution in [1.29, 1.82) is 0 Å². The summed E-state index contributed by atoms with van der Waals surface area (Å²) in [6.45, 7) is 10.6. The maximum atomic E-state index is 10.9. The molecule has 0 aromatic carbocycles. The molecule has 0 heterocycles. The van der Waals surface area contributed by atoms with Crippen LogP contribution in [0.25, 0.3) is 0 Å². The molecule has 2 nitrogen and oxygen atoms in total. The number of thiol groups is 2. The van der Waals surface area contributed by atoms with Gasteiger partial charge in [-0.25, -0.2) is 0 Å². The maximum Gasteiger partial charge on any atom is 0.188 e. The van der Waals surface area contributed by atoms with Gasteiger partial charge < -0.3 is 0 Å². The summed E-state index contributed by atoms with van der Waals surface area (Å²) in [5, 5.41) is 0.0727. The van der Waals surface area contributed by atoms with Gasteiger partial charge in [-0.15, -0.1) is 25.3 Å². The molecule has 0 saturated heterocycles. The fourth-order valence-electron chi connectivity index (χ4n) is 2.94. The molecule has 3 unspecified atom stereocenters. The molecule has 0 aliphatic carbocycles. The van der Waals surface area contributed by atoms with E-state index in [1.54, 1.807) is 0 Å². The minimum atomic E-state index is 0.0357. The van der Waals surface area contributed by atoms with Gasteiger partial charge in [0.2, 0.25) is 0 Å². The molecule has 0 aliphatic heterocycles. The SMILES string of the molecule is CCCCC(CC)CC(C)C(=O)S.CCCCCCCCC(C)C(=O)S. The van der Waals surface area contributed by atoms with Gasteiger partial charge in [-0.2, -0.15) is 0 Å². The number of carbonyl (C=O) groups is 2. The third-order valence-electron chi connectivity index (χ3n) is 5.06. The van der Waals surface area contributed by atoms with Crippen LogP contribution >= 0.6 is 25.3 Å². The average Bonchev–Trinajstić information content (AvgIpc) is 2.61. The molecule has 0 bridgehead atoms. The van der Waals surface area contributed by atoms with E-state index in [1.165, 1.54) is 64.2 Å². The Morgan fingerprint density at radius 3 is 1.65 bits per heavy atom. The molecule has 0 spiro atoms. The first-order valence-electron chi connectivity index (χ1n) is 10.8. The minimum absolute atomic E-state index is 0.0357. The average molecular weight is 405 g/mol. The van der Waals surface area contributed by atoms with Gasteiger partial charge in [0.05, 0.1) is 0 Å². The Morgan fingerprint density at radius 2 is 1.19 bits per heavy atom. The summed E-state index contributed by atoms with van der Waals surface area (Å²) in [7, 11) is 0. The van der Waals surface area contributed by atoms with Crippen molar-refractivity contribution in [2.45, 2.75) is 112 Å². The van der Waals surface area contributed by atoms with Crippen molar-refractivity contribution in [3.05, 3.63) is 0 Å². The Bertz CT molecular complexity index is 345. The highest BCUT2D eigenvalue weighted by molar-refractivity contribution is 7.96. The Balaban J connectivity index is 0. The summed E-state index contributed by atoms with van der Waals surface area (Å²) < 4.78 is 0. The van der Waals surface area contributed by atoms with E-state index >= 15 is 0 Å². The van der Waals surface area contributed by atoms with Crippen LogP contribution in [0.4, 0.5) is 0 Å². The minimum Gasteiger partial charge on any atom is -0.287 e. The number of unbranched alkanes of at least 4 members (excludes halogenated alkanes) is 6. The molecule has 0 aromatic rings. The van der Waals surface area contributed by atoms with Gasteiger partial charge >= 0.3 is 0 Å². The van der Waals surface area contributed by atoms with E-state index in [-0.39, 0.29) is 22.1 Å². The van der Waals surface area contributed by atoms with Crippen LogP contribution in [0.2, 0.25) is 0 Å². The van der Waals surface area contributed by atoms with Crippen molar-refractivity contribution in [1.82, 2.24) is 0 Å². The predicted molar refractivity (Wildman–Crippen MR) is 122 cm³/mol. The number of rotatable bonds is 15. The number of hydrogen-bond donors (Lipinski definition) is 2. The molecule has 3 atom stereocenters. The molecule has 0 fully saturated rings. The molecule has 0 rings (SSSR count). The zero-order valence-corrected chi connectivity index (χ0v) is 19.7. The number of hydrogen-bond acceptors (Lipinski definition) is 2. The van der Waals surface area contributed by atoms with Crippen molar-refractivity contribution < 1.29 is 9.59 Å². The molecular weight excluding hydrogens is 360 g/mol. The summed E-state index contributed by atoms with van der Waals surface area (Å²) in [4.78, 5) is 21.7. The van der Waals surface area contributed by atoms with Gasteiger partial charge in [-0.05, 0) is 18.8 Å². The first kappa shape index (κ1) is 28.3. The predicted octanol–water partition coefficient (Wildman–Crippen LogP) is 7.51. The van der Waals surface area contributed by atoms with Crippen LogP contribution in [0, 0.1) is 17.8 Å². The van der Waals surface area contributed by atoms with Crippen LogP contribution in [-0.4, -0.2) is 10.2 Å². The van der Waals surface area contributed by atoms with Crippen molar-refractivity contribution in [3.63, 3.8) is 0 Å². The first-order valence-corrected chi connectivity index (χ1v) is 11.6. The van der Waals surface area contributed by atoms with E-state index in [1.807, 2.05) is 13.8 Å². The lowest BCUT2D eigenvalue weighted by Gasteiger charge is -2.17. The van der Waals surface area contributed by atoms with Crippen molar-refractivity contribution in [3.8, 4) is 0 Å². The van der Waals surface area contributed by atoms with Crippen LogP contribution in [0.15, 0.2) is 0 Å². The highest BCUT2D eigenvalue weighted by Gasteiger charge is 2.14. The van der Waals surface area contributed by atoms with Crippen molar-refractivity contribution in [2.75, 3.05) is 0 Å². The zero-order valence-electron chi connectivity index (χ0n) is 17.9. The molecule has 0 amide bonds. The molecule has 0 N–H and O–H groups in total. The molecule has 0 aromatic heterocycles. The lowest BCUT2D eigenvalue weighted by Crippen LogP contribution is -2.11. The van der Waals surface area contributed by atoms with Gasteiger partial charge in [0.1, 0.15) is 0 Å². The Hall–Kier alpha value is 0.0400. The van der Waals surface area contributed by atoms with E-state index in [9.17, 15) is 9.59 Å². The van der Waals surface area contributed by atoms with Crippen LogP contribution in [0.1, 0.15) is 112 Å². The summed E-state index contributed by atoms with van der Waals surface area (Å²) in [5.74, 6) is 0.991. The summed E-state index contributed by atoms with van der Waals surface area (Å²) in [6, 6.07) is 0. The van der Waals surface area contributed by atoms with E-state index in [0.29, 0.717) is 5.92 Å². The largest absolute Gasteiger partial charge is 0.287 e. The monoisotopic (exact) mass is 404 g/mol. The Labute approximate surface area is 174 Å². The fraction of sp³-hybridized carbons (Fsp3) is 0.909. The summed E-state index contributed by atoms with van der Waals surface area (Å²) in [6.07, 6.45) is 14.8.